The Bertz CT molecular complexity index is 608. The minimum absolute atomic E-state index is 0.151. The first-order valence-electron chi connectivity index (χ1n) is 13.0. The van der Waals surface area contributed by atoms with Crippen molar-refractivity contribution in [2.24, 2.45) is 22.6 Å². The van der Waals surface area contributed by atoms with Gasteiger partial charge in [0.15, 0.2) is 5.96 Å². The van der Waals surface area contributed by atoms with Crippen LogP contribution >= 0.6 is 0 Å². The Labute approximate surface area is 183 Å². The van der Waals surface area contributed by atoms with E-state index >= 15 is 0 Å². The third kappa shape index (κ3) is 5.20. The van der Waals surface area contributed by atoms with Gasteiger partial charge < -0.3 is 11.1 Å². The van der Waals surface area contributed by atoms with Gasteiger partial charge in [-0.05, 0) is 56.8 Å². The minimum atomic E-state index is -0.590. The van der Waals surface area contributed by atoms with Crippen LogP contribution in [0.25, 0.3) is 0 Å². The Morgan fingerprint density at radius 3 is 2.23 bits per heavy atom. The summed E-state index contributed by atoms with van der Waals surface area (Å²) in [4.78, 5) is 19.8. The SMILES string of the molecule is CN1C(=O)[C@@](CCC2CCCCC2)(CC2CCC[C@H](NC3CCCCC3)C2)N=C1N. The van der Waals surface area contributed by atoms with Gasteiger partial charge in [-0.25, -0.2) is 4.99 Å². The normalized spacial score (nSPS) is 34.4. The molecule has 3 saturated carbocycles. The van der Waals surface area contributed by atoms with Crippen molar-refractivity contribution in [3.8, 4) is 0 Å². The zero-order valence-corrected chi connectivity index (χ0v) is 19.2. The Kier molecular flexibility index (Phi) is 7.38. The molecule has 0 radical (unpaired) electrons. The molecule has 4 aliphatic rings. The molecule has 1 aliphatic heterocycles. The fourth-order valence-corrected chi connectivity index (χ4v) is 6.78. The molecule has 3 N–H and O–H groups in total. The number of nitrogens with one attached hydrogen (secondary N) is 1. The smallest absolute Gasteiger partial charge is 0.257 e. The van der Waals surface area contributed by atoms with Crippen LogP contribution < -0.4 is 11.1 Å². The molecular weight excluding hydrogens is 372 g/mol. The number of rotatable bonds is 7. The van der Waals surface area contributed by atoms with Gasteiger partial charge in [0.25, 0.3) is 5.91 Å². The monoisotopic (exact) mass is 416 g/mol. The molecule has 0 aromatic carbocycles. The molecule has 0 aromatic rings. The number of aliphatic imine (C=N–C) groups is 1. The van der Waals surface area contributed by atoms with Crippen LogP contribution in [0.5, 0.6) is 0 Å². The van der Waals surface area contributed by atoms with Crippen LogP contribution in [0.15, 0.2) is 4.99 Å². The Morgan fingerprint density at radius 2 is 1.57 bits per heavy atom. The average Bonchev–Trinajstić information content (AvgIpc) is 2.98. The predicted octanol–water partition coefficient (Wildman–Crippen LogP) is 4.74. The molecule has 4 rings (SSSR count). The van der Waals surface area contributed by atoms with Gasteiger partial charge in [0.05, 0.1) is 0 Å². The lowest BCUT2D eigenvalue weighted by atomic mass is 9.74. The Morgan fingerprint density at radius 1 is 0.933 bits per heavy atom. The standard InChI is InChI=1S/C25H44N4O/c1-29-23(30)25(28-24(29)26,16-15-19-9-4-2-5-10-19)18-20-11-8-14-22(17-20)27-21-12-6-3-7-13-21/h19-22,27H,2-18H2,1H3,(H2,26,28)/t20?,22-,25+/m0/s1. The van der Waals surface area contributed by atoms with E-state index in [9.17, 15) is 4.79 Å². The molecule has 5 nitrogen and oxygen atoms in total. The lowest BCUT2D eigenvalue weighted by Crippen LogP contribution is -2.46. The van der Waals surface area contributed by atoms with E-state index in [4.69, 9.17) is 10.7 Å². The zero-order valence-electron chi connectivity index (χ0n) is 19.2. The number of likely N-dealkylation sites (N-methyl/N-ethyl adjacent to an activating group) is 1. The van der Waals surface area contributed by atoms with Gasteiger partial charge >= 0.3 is 0 Å². The molecule has 0 aromatic heterocycles. The molecule has 5 heteroatoms. The molecular formula is C25H44N4O. The fraction of sp³-hybridized carbons (Fsp3) is 0.920. The summed E-state index contributed by atoms with van der Waals surface area (Å²) >= 11 is 0. The second kappa shape index (κ2) is 10.0. The third-order valence-corrected chi connectivity index (χ3v) is 8.55. The van der Waals surface area contributed by atoms with E-state index in [1.165, 1.54) is 89.9 Å². The highest BCUT2D eigenvalue weighted by Gasteiger charge is 2.48. The van der Waals surface area contributed by atoms with Crippen LogP contribution in [0.2, 0.25) is 0 Å². The molecule has 0 saturated heterocycles. The molecule has 170 valence electrons. The average molecular weight is 417 g/mol. The number of nitrogens with zero attached hydrogens (tertiary/aromatic N) is 2. The van der Waals surface area contributed by atoms with E-state index in [1.54, 1.807) is 11.9 Å². The summed E-state index contributed by atoms with van der Waals surface area (Å²) in [5, 5.41) is 3.98. The van der Waals surface area contributed by atoms with Crippen LogP contribution in [-0.2, 0) is 4.79 Å². The van der Waals surface area contributed by atoms with Crippen LogP contribution in [-0.4, -0.2) is 41.4 Å². The summed E-state index contributed by atoms with van der Waals surface area (Å²) in [5.74, 6) is 1.94. The molecule has 1 amide bonds. The quantitative estimate of drug-likeness (QED) is 0.629. The second-order valence-electron chi connectivity index (χ2n) is 10.8. The van der Waals surface area contributed by atoms with Crippen molar-refractivity contribution in [1.82, 2.24) is 10.2 Å². The van der Waals surface area contributed by atoms with Crippen molar-refractivity contribution in [2.45, 2.75) is 127 Å². The Balaban J connectivity index is 1.38. The van der Waals surface area contributed by atoms with E-state index in [1.807, 2.05) is 0 Å². The summed E-state index contributed by atoms with van der Waals surface area (Å²) in [5.41, 5.74) is 5.56. The summed E-state index contributed by atoms with van der Waals surface area (Å²) in [6, 6.07) is 1.34. The van der Waals surface area contributed by atoms with E-state index in [0.717, 1.165) is 31.2 Å². The minimum Gasteiger partial charge on any atom is -0.369 e. The van der Waals surface area contributed by atoms with Crippen LogP contribution in [0.1, 0.15) is 109 Å². The first kappa shape index (κ1) is 22.1. The number of nitrogens with two attached hydrogens (primary N) is 1. The largest absolute Gasteiger partial charge is 0.369 e. The molecule has 0 spiro atoms. The highest BCUT2D eigenvalue weighted by Crippen LogP contribution is 2.40. The van der Waals surface area contributed by atoms with E-state index in [2.05, 4.69) is 5.32 Å². The van der Waals surface area contributed by atoms with Crippen LogP contribution in [0.3, 0.4) is 0 Å². The van der Waals surface area contributed by atoms with Gasteiger partial charge in [-0.1, -0.05) is 64.2 Å². The first-order chi connectivity index (χ1) is 14.6. The first-order valence-corrected chi connectivity index (χ1v) is 13.0. The van der Waals surface area contributed by atoms with Gasteiger partial charge in [0.2, 0.25) is 0 Å². The van der Waals surface area contributed by atoms with Gasteiger partial charge in [-0.2, -0.15) is 0 Å². The Hall–Kier alpha value is -1.10. The topological polar surface area (TPSA) is 70.7 Å². The van der Waals surface area contributed by atoms with Crippen molar-refractivity contribution in [2.75, 3.05) is 7.05 Å². The molecule has 1 heterocycles. The van der Waals surface area contributed by atoms with Gasteiger partial charge in [0, 0.05) is 19.1 Å². The van der Waals surface area contributed by atoms with Crippen LogP contribution in [0.4, 0.5) is 0 Å². The number of amides is 1. The zero-order chi connectivity index (χ0) is 21.0. The predicted molar refractivity (Wildman–Crippen MR) is 123 cm³/mol. The van der Waals surface area contributed by atoms with Crippen LogP contribution in [0, 0.1) is 11.8 Å². The number of carbonyl (C=O) groups excluding carboxylic acids is 1. The van der Waals surface area contributed by atoms with E-state index in [-0.39, 0.29) is 5.91 Å². The number of hydrogen-bond acceptors (Lipinski definition) is 4. The summed E-state index contributed by atoms with van der Waals surface area (Å²) < 4.78 is 0. The lowest BCUT2D eigenvalue weighted by Gasteiger charge is -2.37. The second-order valence-corrected chi connectivity index (χ2v) is 10.8. The fourth-order valence-electron chi connectivity index (χ4n) is 6.78. The molecule has 3 atom stereocenters. The summed E-state index contributed by atoms with van der Waals surface area (Å²) in [6.07, 6.45) is 21.5. The maximum absolute atomic E-state index is 13.3. The van der Waals surface area contributed by atoms with Crippen molar-refractivity contribution in [3.05, 3.63) is 0 Å². The highest BCUT2D eigenvalue weighted by atomic mass is 16.2. The van der Waals surface area contributed by atoms with Gasteiger partial charge in [0.1, 0.15) is 5.54 Å². The molecule has 3 fully saturated rings. The molecule has 30 heavy (non-hydrogen) atoms. The number of hydrogen-bond donors (Lipinski definition) is 2. The maximum Gasteiger partial charge on any atom is 0.257 e. The number of guanidine groups is 1. The highest BCUT2D eigenvalue weighted by molar-refractivity contribution is 6.06. The van der Waals surface area contributed by atoms with Gasteiger partial charge in [-0.15, -0.1) is 0 Å². The van der Waals surface area contributed by atoms with Crippen molar-refractivity contribution < 1.29 is 4.79 Å². The lowest BCUT2D eigenvalue weighted by molar-refractivity contribution is -0.131. The van der Waals surface area contributed by atoms with E-state index < -0.39 is 5.54 Å². The van der Waals surface area contributed by atoms with Gasteiger partial charge in [-0.3, -0.25) is 9.69 Å². The van der Waals surface area contributed by atoms with Crippen molar-refractivity contribution in [1.29, 1.82) is 0 Å². The summed E-state index contributed by atoms with van der Waals surface area (Å²) in [6.45, 7) is 0. The molecule has 3 aliphatic carbocycles. The third-order valence-electron chi connectivity index (χ3n) is 8.55. The maximum atomic E-state index is 13.3. The number of carbonyl (C=O) groups is 1. The molecule has 0 bridgehead atoms. The van der Waals surface area contributed by atoms with Crippen molar-refractivity contribution in [3.63, 3.8) is 0 Å². The van der Waals surface area contributed by atoms with Crippen molar-refractivity contribution >= 4 is 11.9 Å². The van der Waals surface area contributed by atoms with E-state index in [0.29, 0.717) is 17.9 Å². The molecule has 1 unspecified atom stereocenters. The summed E-state index contributed by atoms with van der Waals surface area (Å²) in [7, 11) is 1.80.